The van der Waals surface area contributed by atoms with Crippen LogP contribution in [0.4, 0.5) is 13.2 Å². The van der Waals surface area contributed by atoms with Crippen LogP contribution in [-0.4, -0.2) is 29.1 Å². The zero-order valence-electron chi connectivity index (χ0n) is 17.5. The third-order valence-electron chi connectivity index (χ3n) is 6.03. The molecule has 0 saturated carbocycles. The van der Waals surface area contributed by atoms with Crippen molar-refractivity contribution in [2.24, 2.45) is 5.92 Å². The van der Waals surface area contributed by atoms with Crippen molar-refractivity contribution in [2.45, 2.75) is 12.5 Å². The minimum atomic E-state index is -3.17. The molecule has 168 valence electrons. The zero-order chi connectivity index (χ0) is 23.2. The number of furan rings is 1. The largest absolute Gasteiger partial charge is 0.481 e. The summed E-state index contributed by atoms with van der Waals surface area (Å²) >= 11 is 0. The van der Waals surface area contributed by atoms with Gasteiger partial charge in [0.1, 0.15) is 17.2 Å². The number of fused-ring (bicyclic) bond motifs is 1. The van der Waals surface area contributed by atoms with Gasteiger partial charge in [0.15, 0.2) is 0 Å². The van der Waals surface area contributed by atoms with E-state index >= 15 is 0 Å². The van der Waals surface area contributed by atoms with Gasteiger partial charge in [0.05, 0.1) is 11.5 Å². The van der Waals surface area contributed by atoms with E-state index in [4.69, 9.17) is 9.52 Å². The number of alkyl halides is 2. The van der Waals surface area contributed by atoms with Crippen molar-refractivity contribution in [2.75, 3.05) is 13.1 Å². The first kappa shape index (κ1) is 21.3. The van der Waals surface area contributed by atoms with Crippen molar-refractivity contribution in [1.29, 1.82) is 0 Å². The molecule has 0 bridgehead atoms. The van der Waals surface area contributed by atoms with E-state index in [1.165, 1.54) is 36.4 Å². The molecule has 0 radical (unpaired) electrons. The topological polar surface area (TPSA) is 53.7 Å². The maximum absolute atomic E-state index is 14.9. The number of carboxylic acid groups (broad SMARTS) is 1. The first-order valence-electron chi connectivity index (χ1n) is 10.5. The second-order valence-electron chi connectivity index (χ2n) is 8.35. The van der Waals surface area contributed by atoms with E-state index in [1.807, 2.05) is 4.90 Å². The number of nitrogens with zero attached hydrogens (tertiary/aromatic N) is 1. The van der Waals surface area contributed by atoms with Gasteiger partial charge in [-0.15, -0.1) is 0 Å². The molecule has 1 aromatic heterocycles. The number of hydrogen-bond donors (Lipinski definition) is 1. The van der Waals surface area contributed by atoms with Crippen molar-refractivity contribution in [3.8, 4) is 11.3 Å². The van der Waals surface area contributed by atoms with Gasteiger partial charge in [-0.1, -0.05) is 36.4 Å². The fraction of sp³-hybridized carbons (Fsp3) is 0.192. The van der Waals surface area contributed by atoms with Crippen LogP contribution in [0, 0.1) is 11.7 Å². The van der Waals surface area contributed by atoms with Crippen LogP contribution in [0.15, 0.2) is 77.2 Å². The summed E-state index contributed by atoms with van der Waals surface area (Å²) in [6, 6.07) is 18.0. The molecule has 4 aromatic rings. The molecule has 1 aliphatic rings. The van der Waals surface area contributed by atoms with Gasteiger partial charge in [-0.25, -0.2) is 4.39 Å². The molecule has 1 aliphatic heterocycles. The number of benzene rings is 3. The smallest absolute Gasteiger partial charge is 0.309 e. The van der Waals surface area contributed by atoms with Crippen LogP contribution < -0.4 is 0 Å². The van der Waals surface area contributed by atoms with Crippen LogP contribution in [0.3, 0.4) is 0 Å². The standard InChI is InChI=1S/C26H20F3NO3/c27-22-10-16(13-30-14-18(15-30)25(31)32)6-8-21(22)24-12-17-11-20(7-9-23(17)33-24)26(28,29)19-4-2-1-3-5-19/h1-12,18H,13-15H2,(H,31,32). The predicted molar refractivity (Wildman–Crippen MR) is 117 cm³/mol. The molecule has 7 heteroatoms. The Balaban J connectivity index is 1.38. The molecule has 0 unspecified atom stereocenters. The van der Waals surface area contributed by atoms with Crippen LogP contribution in [0.25, 0.3) is 22.3 Å². The molecule has 1 fully saturated rings. The molecule has 33 heavy (non-hydrogen) atoms. The lowest BCUT2D eigenvalue weighted by molar-refractivity contribution is -0.147. The fourth-order valence-electron chi connectivity index (χ4n) is 4.16. The molecule has 0 atom stereocenters. The summed E-state index contributed by atoms with van der Waals surface area (Å²) in [5.41, 5.74) is 1.07. The Morgan fingerprint density at radius 2 is 1.76 bits per heavy atom. The third-order valence-corrected chi connectivity index (χ3v) is 6.03. The number of carbonyl (C=O) groups is 1. The van der Waals surface area contributed by atoms with E-state index in [2.05, 4.69) is 0 Å². The molecule has 2 heterocycles. The summed E-state index contributed by atoms with van der Waals surface area (Å²) in [6.07, 6.45) is 0. The molecular weight excluding hydrogens is 431 g/mol. The molecule has 0 aliphatic carbocycles. The second-order valence-corrected chi connectivity index (χ2v) is 8.35. The van der Waals surface area contributed by atoms with Crippen molar-refractivity contribution in [3.05, 3.63) is 95.3 Å². The third kappa shape index (κ3) is 4.00. The molecule has 3 aromatic carbocycles. The van der Waals surface area contributed by atoms with Crippen molar-refractivity contribution in [1.82, 2.24) is 4.90 Å². The lowest BCUT2D eigenvalue weighted by Crippen LogP contribution is -2.49. The molecular formula is C26H20F3NO3. The Morgan fingerprint density at radius 3 is 2.45 bits per heavy atom. The average molecular weight is 451 g/mol. The maximum atomic E-state index is 14.9. The van der Waals surface area contributed by atoms with E-state index < -0.39 is 17.7 Å². The van der Waals surface area contributed by atoms with E-state index in [9.17, 15) is 18.0 Å². The van der Waals surface area contributed by atoms with Gasteiger partial charge in [0.2, 0.25) is 0 Å². The van der Waals surface area contributed by atoms with Gasteiger partial charge in [0.25, 0.3) is 5.92 Å². The van der Waals surface area contributed by atoms with Gasteiger partial charge in [-0.2, -0.15) is 8.78 Å². The van der Waals surface area contributed by atoms with Gasteiger partial charge in [-0.05, 0) is 42.0 Å². The lowest BCUT2D eigenvalue weighted by Gasteiger charge is -2.36. The van der Waals surface area contributed by atoms with Gasteiger partial charge in [0, 0.05) is 36.1 Å². The first-order chi connectivity index (χ1) is 15.8. The molecule has 0 spiro atoms. The number of carboxylic acids is 1. The van der Waals surface area contributed by atoms with E-state index in [0.29, 0.717) is 30.6 Å². The van der Waals surface area contributed by atoms with Gasteiger partial charge in [-0.3, -0.25) is 9.69 Å². The monoisotopic (exact) mass is 451 g/mol. The van der Waals surface area contributed by atoms with Crippen molar-refractivity contribution in [3.63, 3.8) is 0 Å². The summed E-state index contributed by atoms with van der Waals surface area (Å²) in [5.74, 6) is -4.59. The van der Waals surface area contributed by atoms with Crippen LogP contribution in [0.1, 0.15) is 16.7 Å². The summed E-state index contributed by atoms with van der Waals surface area (Å²) in [5, 5.41) is 9.42. The first-order valence-corrected chi connectivity index (χ1v) is 10.5. The molecule has 0 amide bonds. The zero-order valence-corrected chi connectivity index (χ0v) is 17.5. The highest BCUT2D eigenvalue weighted by atomic mass is 19.3. The minimum Gasteiger partial charge on any atom is -0.481 e. The van der Waals surface area contributed by atoms with Crippen LogP contribution >= 0.6 is 0 Å². The molecule has 4 nitrogen and oxygen atoms in total. The number of rotatable bonds is 6. The maximum Gasteiger partial charge on any atom is 0.309 e. The molecule has 1 saturated heterocycles. The molecule has 5 rings (SSSR count). The van der Waals surface area contributed by atoms with Gasteiger partial charge >= 0.3 is 5.97 Å². The molecule has 1 N–H and O–H groups in total. The number of halogens is 3. The van der Waals surface area contributed by atoms with Crippen molar-refractivity contribution >= 4 is 16.9 Å². The SMILES string of the molecule is O=C(O)C1CN(Cc2ccc(-c3cc4cc(C(F)(F)c5ccccc5)ccc4o3)c(F)c2)C1. The highest BCUT2D eigenvalue weighted by Crippen LogP contribution is 2.38. The van der Waals surface area contributed by atoms with Crippen molar-refractivity contribution < 1.29 is 27.5 Å². The number of likely N-dealkylation sites (tertiary alicyclic amines) is 1. The van der Waals surface area contributed by atoms with E-state index in [-0.39, 0.29) is 28.4 Å². The highest BCUT2D eigenvalue weighted by Gasteiger charge is 2.34. The Hall–Kier alpha value is -3.58. The average Bonchev–Trinajstić information content (AvgIpc) is 3.19. The van der Waals surface area contributed by atoms with E-state index in [0.717, 1.165) is 5.56 Å². The van der Waals surface area contributed by atoms with Crippen LogP contribution in [0.2, 0.25) is 0 Å². The lowest BCUT2D eigenvalue weighted by atomic mass is 9.99. The predicted octanol–water partition coefficient (Wildman–Crippen LogP) is 5.90. The quantitative estimate of drug-likeness (QED) is 0.397. The highest BCUT2D eigenvalue weighted by molar-refractivity contribution is 5.84. The Labute approximate surface area is 187 Å². The summed E-state index contributed by atoms with van der Waals surface area (Å²) in [7, 11) is 0. The Kier molecular flexibility index (Phi) is 5.21. The minimum absolute atomic E-state index is 0.105. The van der Waals surface area contributed by atoms with E-state index in [1.54, 1.807) is 36.4 Å². The van der Waals surface area contributed by atoms with Gasteiger partial charge < -0.3 is 9.52 Å². The van der Waals surface area contributed by atoms with Crippen LogP contribution in [0.5, 0.6) is 0 Å². The summed E-state index contributed by atoms with van der Waals surface area (Å²) < 4.78 is 50.4. The second kappa shape index (κ2) is 8.08. The Bertz CT molecular complexity index is 1330. The Morgan fingerprint density at radius 1 is 1.00 bits per heavy atom. The number of aliphatic carboxylic acids is 1. The summed E-state index contributed by atoms with van der Waals surface area (Å²) in [4.78, 5) is 12.9. The number of hydrogen-bond acceptors (Lipinski definition) is 3. The fourth-order valence-corrected chi connectivity index (χ4v) is 4.16. The normalized spacial score (nSPS) is 15.0. The summed E-state index contributed by atoms with van der Waals surface area (Å²) in [6.45, 7) is 1.34. The van der Waals surface area contributed by atoms with Crippen LogP contribution in [-0.2, 0) is 17.3 Å².